The third-order valence-corrected chi connectivity index (χ3v) is 4.12. The van der Waals surface area contributed by atoms with Crippen molar-refractivity contribution >= 4 is 11.9 Å². The molecule has 21 heavy (non-hydrogen) atoms. The molecule has 1 amide bonds. The molecule has 1 fully saturated rings. The van der Waals surface area contributed by atoms with E-state index in [9.17, 15) is 14.7 Å². The van der Waals surface area contributed by atoms with E-state index in [0.29, 0.717) is 31.0 Å². The fourth-order valence-electron chi connectivity index (χ4n) is 2.68. The number of nitrogens with zero attached hydrogens (tertiary/aromatic N) is 1. The molecule has 0 spiro atoms. The number of benzene rings is 1. The van der Waals surface area contributed by atoms with Crippen LogP contribution < -0.4 is 0 Å². The summed E-state index contributed by atoms with van der Waals surface area (Å²) in [6.07, 6.45) is 2.57. The van der Waals surface area contributed by atoms with Gasteiger partial charge in [-0.25, -0.2) is 0 Å². The molecule has 1 saturated heterocycles. The Kier molecular flexibility index (Phi) is 4.83. The number of hydrogen-bond acceptors (Lipinski definition) is 3. The molecule has 0 radical (unpaired) electrons. The van der Waals surface area contributed by atoms with Crippen LogP contribution in [0.1, 0.15) is 41.6 Å². The summed E-state index contributed by atoms with van der Waals surface area (Å²) in [6.45, 7) is 3.09. The van der Waals surface area contributed by atoms with E-state index in [4.69, 9.17) is 5.11 Å². The highest BCUT2D eigenvalue weighted by atomic mass is 16.4. The average Bonchev–Trinajstić information content (AvgIpc) is 2.48. The predicted octanol–water partition coefficient (Wildman–Crippen LogP) is 2.42. The van der Waals surface area contributed by atoms with Crippen LogP contribution in [0.5, 0.6) is 5.75 Å². The standard InChI is InChI=1S/C16H21NO4/c1-11-2-4-13(10-14(11)18)16(21)17-8-6-12(7-9-17)3-5-15(19)20/h2,4,10,12,18H,3,5-9H2,1H3,(H,19,20). The van der Waals surface area contributed by atoms with Crippen LogP contribution in [0.15, 0.2) is 18.2 Å². The quantitative estimate of drug-likeness (QED) is 0.893. The van der Waals surface area contributed by atoms with Gasteiger partial charge in [-0.15, -0.1) is 0 Å². The van der Waals surface area contributed by atoms with E-state index in [0.717, 1.165) is 18.4 Å². The number of rotatable bonds is 4. The van der Waals surface area contributed by atoms with Crippen molar-refractivity contribution in [2.75, 3.05) is 13.1 Å². The number of aromatic hydroxyl groups is 1. The molecule has 114 valence electrons. The molecule has 1 aliphatic heterocycles. The summed E-state index contributed by atoms with van der Waals surface area (Å²) in [7, 11) is 0. The van der Waals surface area contributed by atoms with Gasteiger partial charge in [0.1, 0.15) is 5.75 Å². The van der Waals surface area contributed by atoms with Crippen molar-refractivity contribution < 1.29 is 19.8 Å². The molecular formula is C16H21NO4. The lowest BCUT2D eigenvalue weighted by molar-refractivity contribution is -0.137. The van der Waals surface area contributed by atoms with E-state index in [1.807, 2.05) is 0 Å². The summed E-state index contributed by atoms with van der Waals surface area (Å²) < 4.78 is 0. The summed E-state index contributed by atoms with van der Waals surface area (Å²) in [6, 6.07) is 4.98. The van der Waals surface area contributed by atoms with Gasteiger partial charge in [0, 0.05) is 25.1 Å². The van der Waals surface area contributed by atoms with Gasteiger partial charge in [0.2, 0.25) is 0 Å². The first kappa shape index (κ1) is 15.4. The average molecular weight is 291 g/mol. The fourth-order valence-corrected chi connectivity index (χ4v) is 2.68. The van der Waals surface area contributed by atoms with E-state index in [1.165, 1.54) is 6.07 Å². The zero-order chi connectivity index (χ0) is 15.4. The van der Waals surface area contributed by atoms with Gasteiger partial charge in [-0.1, -0.05) is 6.07 Å². The Morgan fingerprint density at radius 3 is 2.52 bits per heavy atom. The smallest absolute Gasteiger partial charge is 0.303 e. The molecule has 1 aromatic rings. The van der Waals surface area contributed by atoms with Crippen LogP contribution in [0.25, 0.3) is 0 Å². The molecule has 5 heteroatoms. The molecule has 1 aromatic carbocycles. The van der Waals surface area contributed by atoms with Gasteiger partial charge in [-0.3, -0.25) is 9.59 Å². The van der Waals surface area contributed by atoms with Crippen LogP contribution in [0.4, 0.5) is 0 Å². The number of piperidine rings is 1. The number of carbonyl (C=O) groups excluding carboxylic acids is 1. The number of phenolic OH excluding ortho intramolecular Hbond substituents is 1. The van der Waals surface area contributed by atoms with Crippen molar-refractivity contribution in [1.29, 1.82) is 0 Å². The molecule has 0 aliphatic carbocycles. The lowest BCUT2D eigenvalue weighted by Gasteiger charge is -2.32. The number of likely N-dealkylation sites (tertiary alicyclic amines) is 1. The lowest BCUT2D eigenvalue weighted by atomic mass is 9.92. The number of phenols is 1. The number of carboxylic acids is 1. The van der Waals surface area contributed by atoms with Crippen molar-refractivity contribution in [3.8, 4) is 5.75 Å². The van der Waals surface area contributed by atoms with Crippen LogP contribution in [0.3, 0.4) is 0 Å². The third-order valence-electron chi connectivity index (χ3n) is 4.12. The molecule has 2 N–H and O–H groups in total. The molecule has 1 aliphatic rings. The maximum Gasteiger partial charge on any atom is 0.303 e. The van der Waals surface area contributed by atoms with Gasteiger partial charge in [-0.05, 0) is 49.8 Å². The van der Waals surface area contributed by atoms with E-state index in [1.54, 1.807) is 24.0 Å². The van der Waals surface area contributed by atoms with E-state index >= 15 is 0 Å². The Labute approximate surface area is 124 Å². The predicted molar refractivity (Wildman–Crippen MR) is 78.3 cm³/mol. The Hall–Kier alpha value is -2.04. The number of aryl methyl sites for hydroxylation is 1. The summed E-state index contributed by atoms with van der Waals surface area (Å²) >= 11 is 0. The highest BCUT2D eigenvalue weighted by Crippen LogP contribution is 2.24. The Morgan fingerprint density at radius 2 is 1.95 bits per heavy atom. The summed E-state index contributed by atoms with van der Waals surface area (Å²) in [5.74, 6) is -0.306. The first-order valence-corrected chi connectivity index (χ1v) is 7.28. The summed E-state index contributed by atoms with van der Waals surface area (Å²) in [5.41, 5.74) is 1.25. The van der Waals surface area contributed by atoms with Crippen LogP contribution in [0, 0.1) is 12.8 Å². The van der Waals surface area contributed by atoms with Gasteiger partial charge in [0.25, 0.3) is 5.91 Å². The molecule has 2 rings (SSSR count). The fraction of sp³-hybridized carbons (Fsp3) is 0.500. The SMILES string of the molecule is Cc1ccc(C(=O)N2CCC(CCC(=O)O)CC2)cc1O. The van der Waals surface area contributed by atoms with Crippen molar-refractivity contribution in [1.82, 2.24) is 4.90 Å². The molecule has 0 bridgehead atoms. The normalized spacial score (nSPS) is 16.0. The van der Waals surface area contributed by atoms with Crippen molar-refractivity contribution in [3.63, 3.8) is 0 Å². The molecule has 0 unspecified atom stereocenters. The number of aliphatic carboxylic acids is 1. The Balaban J connectivity index is 1.90. The van der Waals surface area contributed by atoms with E-state index in [2.05, 4.69) is 0 Å². The lowest BCUT2D eigenvalue weighted by Crippen LogP contribution is -2.38. The minimum Gasteiger partial charge on any atom is -0.508 e. The minimum atomic E-state index is -0.761. The highest BCUT2D eigenvalue weighted by molar-refractivity contribution is 5.94. The molecule has 5 nitrogen and oxygen atoms in total. The summed E-state index contributed by atoms with van der Waals surface area (Å²) in [5, 5.41) is 18.4. The number of amides is 1. The van der Waals surface area contributed by atoms with E-state index in [-0.39, 0.29) is 18.1 Å². The number of carboxylic acid groups (broad SMARTS) is 1. The largest absolute Gasteiger partial charge is 0.508 e. The van der Waals surface area contributed by atoms with Crippen LogP contribution in [-0.4, -0.2) is 40.1 Å². The number of carbonyl (C=O) groups is 2. The maximum atomic E-state index is 12.4. The molecule has 0 atom stereocenters. The molecular weight excluding hydrogens is 270 g/mol. The molecule has 0 aromatic heterocycles. The minimum absolute atomic E-state index is 0.0676. The summed E-state index contributed by atoms with van der Waals surface area (Å²) in [4.78, 5) is 24.7. The van der Waals surface area contributed by atoms with Gasteiger partial charge in [-0.2, -0.15) is 0 Å². The van der Waals surface area contributed by atoms with Crippen LogP contribution in [0.2, 0.25) is 0 Å². The van der Waals surface area contributed by atoms with Crippen molar-refractivity contribution in [2.24, 2.45) is 5.92 Å². The second-order valence-electron chi connectivity index (χ2n) is 5.67. The van der Waals surface area contributed by atoms with Crippen LogP contribution >= 0.6 is 0 Å². The first-order valence-electron chi connectivity index (χ1n) is 7.28. The topological polar surface area (TPSA) is 77.8 Å². The van der Waals surface area contributed by atoms with Gasteiger partial charge >= 0.3 is 5.97 Å². The van der Waals surface area contributed by atoms with Gasteiger partial charge in [0.05, 0.1) is 0 Å². The Bertz CT molecular complexity index is 533. The zero-order valence-corrected chi connectivity index (χ0v) is 12.2. The zero-order valence-electron chi connectivity index (χ0n) is 12.2. The van der Waals surface area contributed by atoms with Crippen molar-refractivity contribution in [2.45, 2.75) is 32.6 Å². The van der Waals surface area contributed by atoms with Gasteiger partial charge in [0.15, 0.2) is 0 Å². The molecule has 1 heterocycles. The second-order valence-corrected chi connectivity index (χ2v) is 5.67. The van der Waals surface area contributed by atoms with E-state index < -0.39 is 5.97 Å². The second kappa shape index (κ2) is 6.61. The monoisotopic (exact) mass is 291 g/mol. The highest BCUT2D eigenvalue weighted by Gasteiger charge is 2.24. The number of hydrogen-bond donors (Lipinski definition) is 2. The first-order chi connectivity index (χ1) is 9.97. The van der Waals surface area contributed by atoms with Gasteiger partial charge < -0.3 is 15.1 Å². The molecule has 0 saturated carbocycles. The maximum absolute atomic E-state index is 12.4. The van der Waals surface area contributed by atoms with Crippen LogP contribution in [-0.2, 0) is 4.79 Å². The third kappa shape index (κ3) is 3.97. The Morgan fingerprint density at radius 1 is 1.29 bits per heavy atom. The van der Waals surface area contributed by atoms with Crippen molar-refractivity contribution in [3.05, 3.63) is 29.3 Å².